The van der Waals surface area contributed by atoms with Crippen molar-refractivity contribution in [1.29, 1.82) is 0 Å². The molecule has 1 atom stereocenters. The second-order valence-corrected chi connectivity index (χ2v) is 5.59. The van der Waals surface area contributed by atoms with Gasteiger partial charge in [-0.2, -0.15) is 0 Å². The van der Waals surface area contributed by atoms with Crippen molar-refractivity contribution in [3.8, 4) is 0 Å². The molecule has 0 spiro atoms. The Morgan fingerprint density at radius 3 is 2.95 bits per heavy atom. The highest BCUT2D eigenvalue weighted by Crippen LogP contribution is 2.26. The Kier molecular flexibility index (Phi) is 6.95. The van der Waals surface area contributed by atoms with Crippen LogP contribution in [0.2, 0.25) is 0 Å². The van der Waals surface area contributed by atoms with Crippen LogP contribution in [0.5, 0.6) is 0 Å². The quantitative estimate of drug-likeness (QED) is 0.891. The number of amides is 1. The van der Waals surface area contributed by atoms with Gasteiger partial charge in [0.05, 0.1) is 12.5 Å². The lowest BCUT2D eigenvalue weighted by Gasteiger charge is -2.30. The summed E-state index contributed by atoms with van der Waals surface area (Å²) in [5.41, 5.74) is 8.09. The molecule has 112 valence electrons. The summed E-state index contributed by atoms with van der Waals surface area (Å²) in [5.74, 6) is 0.110. The molecule has 1 aromatic carbocycles. The summed E-state index contributed by atoms with van der Waals surface area (Å²) >= 11 is 3.55. The lowest BCUT2D eigenvalue weighted by atomic mass is 9.99. The Morgan fingerprint density at radius 1 is 1.55 bits per heavy atom. The first-order valence-electron chi connectivity index (χ1n) is 6.42. The molecular weight excluding hydrogens is 344 g/mol. The molecule has 1 aliphatic rings. The summed E-state index contributed by atoms with van der Waals surface area (Å²) in [5, 5.41) is 0. The first kappa shape index (κ1) is 17.4. The van der Waals surface area contributed by atoms with E-state index < -0.39 is 0 Å². The number of carbonyl (C=O) groups excluding carboxylic acids is 1. The van der Waals surface area contributed by atoms with Gasteiger partial charge in [-0.05, 0) is 23.6 Å². The van der Waals surface area contributed by atoms with Gasteiger partial charge in [-0.25, -0.2) is 0 Å². The van der Waals surface area contributed by atoms with Crippen LogP contribution in [0.25, 0.3) is 0 Å². The van der Waals surface area contributed by atoms with E-state index in [9.17, 15) is 4.79 Å². The predicted molar refractivity (Wildman–Crippen MR) is 85.0 cm³/mol. The number of carbonyl (C=O) groups is 1. The van der Waals surface area contributed by atoms with E-state index in [0.29, 0.717) is 19.5 Å². The summed E-state index contributed by atoms with van der Waals surface area (Å²) < 4.78 is 6.25. The van der Waals surface area contributed by atoms with E-state index in [0.717, 1.165) is 17.4 Å². The zero-order valence-corrected chi connectivity index (χ0v) is 13.9. The van der Waals surface area contributed by atoms with Crippen molar-refractivity contribution in [2.24, 2.45) is 5.73 Å². The molecule has 2 rings (SSSR count). The fourth-order valence-electron chi connectivity index (χ4n) is 2.34. The van der Waals surface area contributed by atoms with Gasteiger partial charge in [-0.3, -0.25) is 4.79 Å². The Labute approximate surface area is 134 Å². The molecule has 0 aliphatic carbocycles. The van der Waals surface area contributed by atoms with Gasteiger partial charge in [0.25, 0.3) is 0 Å². The smallest absolute Gasteiger partial charge is 0.225 e. The fraction of sp³-hybridized carbons (Fsp3) is 0.500. The first-order valence-corrected chi connectivity index (χ1v) is 7.22. The Bertz CT molecular complexity index is 466. The summed E-state index contributed by atoms with van der Waals surface area (Å²) in [7, 11) is 1.59. The molecule has 1 aliphatic heterocycles. The van der Waals surface area contributed by atoms with Crippen LogP contribution in [-0.2, 0) is 22.5 Å². The normalized spacial score (nSPS) is 15.2. The topological polar surface area (TPSA) is 55.6 Å². The van der Waals surface area contributed by atoms with E-state index in [1.807, 2.05) is 17.0 Å². The van der Waals surface area contributed by atoms with Crippen LogP contribution in [0.3, 0.4) is 0 Å². The Hall–Kier alpha value is -0.620. The summed E-state index contributed by atoms with van der Waals surface area (Å²) in [6.07, 6.45) is 1.07. The molecule has 0 fully saturated rings. The minimum absolute atomic E-state index is 0. The average Bonchev–Trinajstić information content (AvgIpc) is 2.44. The second kappa shape index (κ2) is 7.98. The van der Waals surface area contributed by atoms with Crippen molar-refractivity contribution in [1.82, 2.24) is 4.90 Å². The molecule has 0 saturated carbocycles. The number of hydrogen-bond acceptors (Lipinski definition) is 3. The van der Waals surface area contributed by atoms with Gasteiger partial charge in [0.1, 0.15) is 0 Å². The Balaban J connectivity index is 0.00000200. The van der Waals surface area contributed by atoms with Crippen molar-refractivity contribution >= 4 is 34.2 Å². The minimum atomic E-state index is -0.187. The fourth-order valence-corrected chi connectivity index (χ4v) is 2.87. The number of nitrogens with two attached hydrogens (primary N) is 1. The lowest BCUT2D eigenvalue weighted by molar-refractivity contribution is -0.134. The van der Waals surface area contributed by atoms with Crippen LogP contribution in [0.15, 0.2) is 22.7 Å². The summed E-state index contributed by atoms with van der Waals surface area (Å²) in [6.45, 7) is 1.80. The average molecular weight is 364 g/mol. The van der Waals surface area contributed by atoms with Crippen LogP contribution in [0.1, 0.15) is 17.5 Å². The highest BCUT2D eigenvalue weighted by Gasteiger charge is 2.23. The molecule has 2 N–H and O–H groups in total. The number of rotatable bonds is 4. The largest absolute Gasteiger partial charge is 0.380 e. The number of halogens is 2. The predicted octanol–water partition coefficient (Wildman–Crippen LogP) is 2.12. The van der Waals surface area contributed by atoms with E-state index in [2.05, 4.69) is 22.0 Å². The van der Waals surface area contributed by atoms with Gasteiger partial charge in [0.2, 0.25) is 5.91 Å². The van der Waals surface area contributed by atoms with Crippen LogP contribution in [-0.4, -0.2) is 37.1 Å². The van der Waals surface area contributed by atoms with Gasteiger partial charge < -0.3 is 15.4 Å². The number of ether oxygens (including phenoxy) is 1. The lowest BCUT2D eigenvalue weighted by Crippen LogP contribution is -2.39. The maximum Gasteiger partial charge on any atom is 0.225 e. The van der Waals surface area contributed by atoms with Crippen LogP contribution >= 0.6 is 28.3 Å². The van der Waals surface area contributed by atoms with Crippen molar-refractivity contribution in [2.75, 3.05) is 20.2 Å². The molecule has 0 radical (unpaired) electrons. The summed E-state index contributed by atoms with van der Waals surface area (Å²) in [4.78, 5) is 14.1. The van der Waals surface area contributed by atoms with Crippen molar-refractivity contribution in [3.63, 3.8) is 0 Å². The maximum absolute atomic E-state index is 12.2. The van der Waals surface area contributed by atoms with E-state index in [4.69, 9.17) is 10.5 Å². The minimum Gasteiger partial charge on any atom is -0.380 e. The van der Waals surface area contributed by atoms with Crippen molar-refractivity contribution in [2.45, 2.75) is 25.5 Å². The molecule has 1 aromatic rings. The van der Waals surface area contributed by atoms with Gasteiger partial charge in [-0.1, -0.05) is 28.1 Å². The maximum atomic E-state index is 12.2. The molecule has 1 unspecified atom stereocenters. The molecule has 4 nitrogen and oxygen atoms in total. The van der Waals surface area contributed by atoms with Crippen LogP contribution in [0, 0.1) is 0 Å². The molecule has 20 heavy (non-hydrogen) atoms. The zero-order chi connectivity index (χ0) is 13.8. The van der Waals surface area contributed by atoms with Gasteiger partial charge in [0.15, 0.2) is 0 Å². The van der Waals surface area contributed by atoms with Gasteiger partial charge in [0, 0.05) is 31.2 Å². The van der Waals surface area contributed by atoms with E-state index in [1.54, 1.807) is 7.11 Å². The van der Waals surface area contributed by atoms with Crippen LogP contribution in [0.4, 0.5) is 0 Å². The number of benzene rings is 1. The van der Waals surface area contributed by atoms with E-state index >= 15 is 0 Å². The van der Waals surface area contributed by atoms with Crippen molar-refractivity contribution < 1.29 is 9.53 Å². The highest BCUT2D eigenvalue weighted by atomic mass is 79.9. The second-order valence-electron chi connectivity index (χ2n) is 4.74. The molecule has 0 aromatic heterocycles. The number of hydrogen-bond donors (Lipinski definition) is 1. The molecule has 0 bridgehead atoms. The number of methoxy groups -OCH3 is 1. The number of nitrogens with zero attached hydrogens (tertiary/aromatic N) is 1. The third kappa shape index (κ3) is 3.95. The molecule has 1 amide bonds. The SMILES string of the molecule is COC(CN)CC(=O)N1CCc2cccc(Br)c2C1.Cl. The standard InChI is InChI=1S/C14H19BrN2O2.ClH/c1-19-11(8-16)7-14(18)17-6-5-10-3-2-4-13(15)12(10)9-17;/h2-4,11H,5-9,16H2,1H3;1H. The Morgan fingerprint density at radius 2 is 2.30 bits per heavy atom. The highest BCUT2D eigenvalue weighted by molar-refractivity contribution is 9.10. The molecule has 1 heterocycles. The first-order chi connectivity index (χ1) is 9.15. The van der Waals surface area contributed by atoms with E-state index in [1.165, 1.54) is 11.1 Å². The van der Waals surface area contributed by atoms with Gasteiger partial charge in [-0.15, -0.1) is 12.4 Å². The summed E-state index contributed by atoms with van der Waals surface area (Å²) in [6, 6.07) is 6.18. The van der Waals surface area contributed by atoms with Crippen LogP contribution < -0.4 is 5.73 Å². The third-order valence-corrected chi connectivity index (χ3v) is 4.31. The zero-order valence-electron chi connectivity index (χ0n) is 11.5. The molecule has 0 saturated heterocycles. The van der Waals surface area contributed by atoms with Crippen molar-refractivity contribution in [3.05, 3.63) is 33.8 Å². The van der Waals surface area contributed by atoms with E-state index in [-0.39, 0.29) is 24.4 Å². The molecule has 6 heteroatoms. The number of fused-ring (bicyclic) bond motifs is 1. The van der Waals surface area contributed by atoms with Gasteiger partial charge >= 0.3 is 0 Å². The third-order valence-electron chi connectivity index (χ3n) is 3.57. The monoisotopic (exact) mass is 362 g/mol. The molecular formula is C14H20BrClN2O2.